The second-order valence-corrected chi connectivity index (χ2v) is 8.31. The Morgan fingerprint density at radius 2 is 1.93 bits per heavy atom. The summed E-state index contributed by atoms with van der Waals surface area (Å²) in [5, 5.41) is 22.3. The lowest BCUT2D eigenvalue weighted by Crippen LogP contribution is -2.25. The molecule has 29 heavy (non-hydrogen) atoms. The Balaban J connectivity index is 1.96. The van der Waals surface area contributed by atoms with E-state index in [2.05, 4.69) is 29.4 Å². The molecule has 1 amide bonds. The number of benzene rings is 1. The maximum atomic E-state index is 12.4. The minimum Gasteiger partial charge on any atom is -0.508 e. The quantitative estimate of drug-likeness (QED) is 0.691. The highest BCUT2D eigenvalue weighted by atomic mass is 32.1. The van der Waals surface area contributed by atoms with Crippen molar-refractivity contribution in [3.05, 3.63) is 57.5 Å². The number of phenols is 1. The minimum atomic E-state index is -0.453. The maximum Gasteiger partial charge on any atom is 0.222 e. The Morgan fingerprint density at radius 1 is 1.21 bits per heavy atom. The number of aryl methyl sites for hydroxylation is 2. The Kier molecular flexibility index (Phi) is 4.96. The Labute approximate surface area is 173 Å². The minimum absolute atomic E-state index is 0.0725. The van der Waals surface area contributed by atoms with Crippen LogP contribution < -0.4 is 5.32 Å². The molecule has 0 saturated carbocycles. The summed E-state index contributed by atoms with van der Waals surface area (Å²) in [5.74, 6) is 1.57. The van der Waals surface area contributed by atoms with Crippen molar-refractivity contribution in [3.8, 4) is 10.8 Å². The summed E-state index contributed by atoms with van der Waals surface area (Å²) in [7, 11) is 0. The molecule has 1 atom stereocenters. The first-order chi connectivity index (χ1) is 13.9. The van der Waals surface area contributed by atoms with E-state index in [1.807, 2.05) is 30.5 Å². The lowest BCUT2D eigenvalue weighted by atomic mass is 9.99. The third-order valence-corrected chi connectivity index (χ3v) is 6.33. The second kappa shape index (κ2) is 7.44. The molecule has 7 nitrogen and oxygen atoms in total. The summed E-state index contributed by atoms with van der Waals surface area (Å²) in [5.41, 5.74) is 3.87. The zero-order valence-corrected chi connectivity index (χ0v) is 17.7. The molecule has 8 heteroatoms. The molecular formula is C21H23N5O2S. The molecule has 1 aliphatic heterocycles. The molecule has 0 aliphatic carbocycles. The maximum absolute atomic E-state index is 12.4. The normalized spacial score (nSPS) is 15.3. The monoisotopic (exact) mass is 409 g/mol. The van der Waals surface area contributed by atoms with Gasteiger partial charge in [0, 0.05) is 22.5 Å². The van der Waals surface area contributed by atoms with Gasteiger partial charge in [-0.2, -0.15) is 0 Å². The van der Waals surface area contributed by atoms with Crippen LogP contribution in [0.1, 0.15) is 52.6 Å². The fraction of sp³-hybridized carbons (Fsp3) is 0.333. The van der Waals surface area contributed by atoms with Crippen LogP contribution in [0.25, 0.3) is 5.00 Å². The van der Waals surface area contributed by atoms with Gasteiger partial charge in [0.15, 0.2) is 5.82 Å². The zero-order valence-electron chi connectivity index (χ0n) is 16.9. The van der Waals surface area contributed by atoms with Gasteiger partial charge in [0.1, 0.15) is 22.6 Å². The first-order valence-corrected chi connectivity index (χ1v) is 10.4. The van der Waals surface area contributed by atoms with E-state index in [0.29, 0.717) is 12.4 Å². The third-order valence-electron chi connectivity index (χ3n) is 5.13. The van der Waals surface area contributed by atoms with Crippen molar-refractivity contribution in [2.45, 2.75) is 40.2 Å². The SMILES string of the molecule is CCNC(=O)C[C@@H]1N=C(c2ccc(O)cc2)c2c(sc(C)c2C)-n2c(C)nnc21. The number of nitrogens with one attached hydrogen (secondary N) is 1. The summed E-state index contributed by atoms with van der Waals surface area (Å²) in [6.45, 7) is 8.56. The molecule has 1 aliphatic rings. The van der Waals surface area contributed by atoms with Gasteiger partial charge in [-0.05, 0) is 57.5 Å². The van der Waals surface area contributed by atoms with Crippen LogP contribution in [-0.4, -0.2) is 38.0 Å². The predicted molar refractivity (Wildman–Crippen MR) is 113 cm³/mol. The highest BCUT2D eigenvalue weighted by molar-refractivity contribution is 7.15. The van der Waals surface area contributed by atoms with Crippen LogP contribution in [0.2, 0.25) is 0 Å². The first kappa shape index (κ1) is 19.3. The summed E-state index contributed by atoms with van der Waals surface area (Å²) >= 11 is 1.68. The average molecular weight is 410 g/mol. The van der Waals surface area contributed by atoms with Crippen molar-refractivity contribution in [3.63, 3.8) is 0 Å². The lowest BCUT2D eigenvalue weighted by molar-refractivity contribution is -0.121. The Bertz CT molecular complexity index is 1110. The number of carbonyl (C=O) groups is 1. The van der Waals surface area contributed by atoms with E-state index in [1.165, 1.54) is 4.88 Å². The van der Waals surface area contributed by atoms with Crippen LogP contribution >= 0.6 is 11.3 Å². The van der Waals surface area contributed by atoms with Crippen molar-refractivity contribution in [1.29, 1.82) is 0 Å². The average Bonchev–Trinajstić information content (AvgIpc) is 3.15. The summed E-state index contributed by atoms with van der Waals surface area (Å²) in [6.07, 6.45) is 0.195. The molecule has 0 radical (unpaired) electrons. The fourth-order valence-corrected chi connectivity index (χ4v) is 4.80. The number of rotatable bonds is 4. The van der Waals surface area contributed by atoms with Crippen LogP contribution in [0.3, 0.4) is 0 Å². The molecule has 2 aromatic heterocycles. The number of aromatic hydroxyl groups is 1. The van der Waals surface area contributed by atoms with Crippen molar-refractivity contribution in [1.82, 2.24) is 20.1 Å². The molecule has 0 fully saturated rings. The van der Waals surface area contributed by atoms with Gasteiger partial charge in [0.2, 0.25) is 5.91 Å². The number of carbonyl (C=O) groups excluding carboxylic acids is 1. The van der Waals surface area contributed by atoms with Gasteiger partial charge < -0.3 is 10.4 Å². The summed E-state index contributed by atoms with van der Waals surface area (Å²) < 4.78 is 2.03. The van der Waals surface area contributed by atoms with Gasteiger partial charge in [0.05, 0.1) is 12.1 Å². The van der Waals surface area contributed by atoms with E-state index in [1.54, 1.807) is 23.5 Å². The van der Waals surface area contributed by atoms with Crippen molar-refractivity contribution in [2.75, 3.05) is 6.54 Å². The molecule has 0 saturated heterocycles. The highest BCUT2D eigenvalue weighted by Crippen LogP contribution is 2.39. The molecular weight excluding hydrogens is 386 g/mol. The van der Waals surface area contributed by atoms with Crippen molar-refractivity contribution in [2.24, 2.45) is 4.99 Å². The molecule has 3 aromatic rings. The van der Waals surface area contributed by atoms with E-state index >= 15 is 0 Å². The molecule has 3 heterocycles. The fourth-order valence-electron chi connectivity index (χ4n) is 3.59. The Hall–Kier alpha value is -3.00. The number of phenolic OH excluding ortho intramolecular Hbond substituents is 1. The van der Waals surface area contributed by atoms with Gasteiger partial charge in [-0.3, -0.25) is 14.4 Å². The number of fused-ring (bicyclic) bond motifs is 3. The highest BCUT2D eigenvalue weighted by Gasteiger charge is 2.32. The van der Waals surface area contributed by atoms with Crippen LogP contribution in [0.15, 0.2) is 29.3 Å². The zero-order chi connectivity index (χ0) is 20.7. The van der Waals surface area contributed by atoms with E-state index in [4.69, 9.17) is 4.99 Å². The molecule has 4 rings (SSSR count). The van der Waals surface area contributed by atoms with Gasteiger partial charge in [-0.1, -0.05) is 0 Å². The molecule has 150 valence electrons. The number of hydrogen-bond donors (Lipinski definition) is 2. The number of nitrogens with zero attached hydrogens (tertiary/aromatic N) is 4. The van der Waals surface area contributed by atoms with Gasteiger partial charge >= 0.3 is 0 Å². The van der Waals surface area contributed by atoms with Gasteiger partial charge in [-0.15, -0.1) is 21.5 Å². The van der Waals surface area contributed by atoms with Gasteiger partial charge in [0.25, 0.3) is 0 Å². The molecule has 0 spiro atoms. The summed E-state index contributed by atoms with van der Waals surface area (Å²) in [6, 6.07) is 6.56. The van der Waals surface area contributed by atoms with Crippen molar-refractivity contribution < 1.29 is 9.90 Å². The van der Waals surface area contributed by atoms with E-state index in [-0.39, 0.29) is 18.1 Å². The van der Waals surface area contributed by atoms with Crippen LogP contribution in [0, 0.1) is 20.8 Å². The third kappa shape index (κ3) is 3.33. The number of amides is 1. The number of hydrogen-bond acceptors (Lipinski definition) is 6. The molecule has 0 unspecified atom stereocenters. The number of aliphatic imine (C=N–C) groups is 1. The van der Waals surface area contributed by atoms with E-state index < -0.39 is 6.04 Å². The second-order valence-electron chi connectivity index (χ2n) is 7.10. The Morgan fingerprint density at radius 3 is 2.62 bits per heavy atom. The molecule has 0 bridgehead atoms. The van der Waals surface area contributed by atoms with E-state index in [9.17, 15) is 9.90 Å². The molecule has 1 aromatic carbocycles. The molecule has 2 N–H and O–H groups in total. The topological polar surface area (TPSA) is 92.4 Å². The lowest BCUT2D eigenvalue weighted by Gasteiger charge is -2.12. The standard InChI is InChI=1S/C21H23N5O2S/c1-5-22-17(28)10-16-20-25-24-13(4)26(20)21-18(11(2)12(3)29-21)19(23-16)14-6-8-15(27)9-7-14/h6-9,16,27H,5,10H2,1-4H3,(H,22,28)/t16-/m0/s1. The number of aromatic nitrogens is 3. The van der Waals surface area contributed by atoms with E-state index in [0.717, 1.165) is 33.2 Å². The van der Waals surface area contributed by atoms with Crippen LogP contribution in [0.5, 0.6) is 5.75 Å². The smallest absolute Gasteiger partial charge is 0.222 e. The summed E-state index contributed by atoms with van der Waals surface area (Å²) in [4.78, 5) is 18.6. The largest absolute Gasteiger partial charge is 0.508 e. The number of thiophene rings is 1. The van der Waals surface area contributed by atoms with Gasteiger partial charge in [-0.25, -0.2) is 0 Å². The van der Waals surface area contributed by atoms with Crippen LogP contribution in [0.4, 0.5) is 0 Å². The van der Waals surface area contributed by atoms with Crippen LogP contribution in [-0.2, 0) is 4.79 Å². The predicted octanol–water partition coefficient (Wildman–Crippen LogP) is 3.38. The first-order valence-electron chi connectivity index (χ1n) is 9.57. The van der Waals surface area contributed by atoms with Crippen molar-refractivity contribution >= 4 is 23.0 Å².